The minimum absolute atomic E-state index is 0.0210. The number of hydrogen-bond acceptors (Lipinski definition) is 17. The number of methoxy groups -OCH3 is 2. The molecular formula is C42H42Cl2O17. The molecule has 0 unspecified atom stereocenters. The predicted octanol–water partition coefficient (Wildman–Crippen LogP) is 5.32. The van der Waals surface area contributed by atoms with Crippen molar-refractivity contribution in [2.75, 3.05) is 46.0 Å². The van der Waals surface area contributed by atoms with Gasteiger partial charge in [0.25, 0.3) is 0 Å². The number of carbonyl (C=O) groups excluding carboxylic acids is 4. The minimum Gasteiger partial charge on any atom is -0.493 e. The number of esters is 3. The summed E-state index contributed by atoms with van der Waals surface area (Å²) in [6, 6.07) is 16.0. The van der Waals surface area contributed by atoms with Gasteiger partial charge in [0.05, 0.1) is 39.5 Å². The topological polar surface area (TPSA) is 188 Å². The van der Waals surface area contributed by atoms with Crippen LogP contribution in [0.4, 0.5) is 4.79 Å². The molecule has 326 valence electrons. The summed E-state index contributed by atoms with van der Waals surface area (Å²) in [5.41, 5.74) is 2.49. The van der Waals surface area contributed by atoms with E-state index in [1.165, 1.54) is 14.2 Å². The molecule has 0 spiro atoms. The average molecular weight is 890 g/mol. The van der Waals surface area contributed by atoms with Crippen molar-refractivity contribution in [3.05, 3.63) is 76.9 Å². The molecule has 9 atom stereocenters. The summed E-state index contributed by atoms with van der Waals surface area (Å²) in [5, 5.41) is 0. The first kappa shape index (κ1) is 42.6. The van der Waals surface area contributed by atoms with Gasteiger partial charge in [-0.25, -0.2) is 4.79 Å². The van der Waals surface area contributed by atoms with E-state index in [1.54, 1.807) is 38.1 Å². The smallest absolute Gasteiger partial charge is 0.493 e. The van der Waals surface area contributed by atoms with Crippen LogP contribution in [-0.2, 0) is 58.9 Å². The van der Waals surface area contributed by atoms with Crippen molar-refractivity contribution in [1.29, 1.82) is 0 Å². The molecule has 0 N–H and O–H groups in total. The maximum absolute atomic E-state index is 14.0. The summed E-state index contributed by atoms with van der Waals surface area (Å²) in [5.74, 6) is -5.62. The van der Waals surface area contributed by atoms with Crippen molar-refractivity contribution in [3.8, 4) is 28.7 Å². The molecule has 17 nitrogen and oxygen atoms in total. The van der Waals surface area contributed by atoms with Gasteiger partial charge in [-0.1, -0.05) is 30.3 Å². The molecule has 0 saturated carbocycles. The number of hydrogen-bond donors (Lipinski definition) is 0. The van der Waals surface area contributed by atoms with Crippen LogP contribution in [0.25, 0.3) is 0 Å². The van der Waals surface area contributed by atoms with Gasteiger partial charge >= 0.3 is 24.1 Å². The first-order chi connectivity index (χ1) is 29.4. The Morgan fingerprint density at radius 3 is 2.15 bits per heavy atom. The van der Waals surface area contributed by atoms with E-state index < -0.39 is 96.2 Å². The van der Waals surface area contributed by atoms with Gasteiger partial charge in [-0.3, -0.25) is 14.4 Å². The van der Waals surface area contributed by atoms with E-state index in [2.05, 4.69) is 0 Å². The molecule has 0 radical (unpaired) electrons. The highest BCUT2D eigenvalue weighted by Gasteiger charge is 2.59. The quantitative estimate of drug-likeness (QED) is 0.0983. The summed E-state index contributed by atoms with van der Waals surface area (Å²) >= 11 is 11.8. The third-order valence-electron chi connectivity index (χ3n) is 11.0. The SMILES string of the molecule is COc1cc([C@@H]2c3cc4c(cc3[C@@H](O[C@@H]3O[C@@H]5COC(C)(C)O[C@H]5[C@H](OC(=O)CCl)[C@H]3OC(=O)CCl)[C@H]3C(=O)OC[C@H]23)OCO4)cc(OC)c1OC(=O)OCc1ccccc1. The second-order valence-electron chi connectivity index (χ2n) is 15.1. The van der Waals surface area contributed by atoms with Crippen LogP contribution in [0.2, 0.25) is 0 Å². The van der Waals surface area contributed by atoms with Gasteiger partial charge < -0.3 is 61.6 Å². The van der Waals surface area contributed by atoms with Gasteiger partial charge in [-0.2, -0.15) is 0 Å². The highest BCUT2D eigenvalue weighted by molar-refractivity contribution is 6.26. The molecule has 0 bridgehead atoms. The fourth-order valence-corrected chi connectivity index (χ4v) is 8.52. The molecule has 3 fully saturated rings. The maximum Gasteiger partial charge on any atom is 0.514 e. The fraction of sp³-hybridized carbons (Fsp3) is 0.476. The minimum atomic E-state index is -1.48. The lowest BCUT2D eigenvalue weighted by molar-refractivity contribution is -0.388. The van der Waals surface area contributed by atoms with Gasteiger partial charge in [-0.05, 0) is 60.4 Å². The molecule has 3 aromatic carbocycles. The van der Waals surface area contributed by atoms with E-state index in [0.717, 1.165) is 5.56 Å². The Hall–Kier alpha value is -5.04. The van der Waals surface area contributed by atoms with Crippen molar-refractivity contribution in [2.45, 2.75) is 69.0 Å². The summed E-state index contributed by atoms with van der Waals surface area (Å²) in [6.45, 7) is 3.19. The van der Waals surface area contributed by atoms with Crippen molar-refractivity contribution < 1.29 is 80.8 Å². The molecule has 3 aromatic rings. The second kappa shape index (κ2) is 17.7. The van der Waals surface area contributed by atoms with Crippen LogP contribution in [0, 0.1) is 11.8 Å². The second-order valence-corrected chi connectivity index (χ2v) is 15.6. The predicted molar refractivity (Wildman–Crippen MR) is 208 cm³/mol. The molecule has 3 saturated heterocycles. The maximum atomic E-state index is 14.0. The Balaban J connectivity index is 1.18. The molecular weight excluding hydrogens is 847 g/mol. The number of halogens is 2. The lowest BCUT2D eigenvalue weighted by Crippen LogP contribution is -2.66. The van der Waals surface area contributed by atoms with Crippen LogP contribution in [0.1, 0.15) is 48.1 Å². The monoisotopic (exact) mass is 888 g/mol. The summed E-state index contributed by atoms with van der Waals surface area (Å²) < 4.78 is 76.7. The van der Waals surface area contributed by atoms with Gasteiger partial charge in [0.1, 0.15) is 30.6 Å². The molecule has 0 amide bonds. The Kier molecular flexibility index (Phi) is 12.4. The Morgan fingerprint density at radius 2 is 1.49 bits per heavy atom. The zero-order valence-electron chi connectivity index (χ0n) is 33.3. The standard InChI is InChI=1S/C42H42Cl2O17/c1-42(2)55-18-29-36(61-42)37(57-30(45)14-43)38(58-31(46)15-44)40(56-29)59-34-23-13-26-25(53-19-54-26)12-22(23)32(24-17-51-39(47)33(24)34)21-10-27(49-3)35(28(11-21)50-4)60-41(48)52-16-20-8-6-5-7-9-20/h5-13,24,29,32-34,36-38,40H,14-19H2,1-4H3/t24-,29-,32-,33+,34-,36-,37+,38-,40+/m1/s1. The van der Waals surface area contributed by atoms with Gasteiger partial charge in [0.15, 0.2) is 47.3 Å². The van der Waals surface area contributed by atoms with E-state index in [1.807, 2.05) is 30.3 Å². The normalized spacial score (nSPS) is 28.0. The van der Waals surface area contributed by atoms with Crippen molar-refractivity contribution in [3.63, 3.8) is 0 Å². The number of ether oxygens (including phenoxy) is 13. The molecule has 0 aromatic heterocycles. The molecule has 1 aliphatic carbocycles. The first-order valence-electron chi connectivity index (χ1n) is 19.3. The largest absolute Gasteiger partial charge is 0.514 e. The van der Waals surface area contributed by atoms with E-state index in [9.17, 15) is 19.2 Å². The lowest BCUT2D eigenvalue weighted by atomic mass is 9.66. The Morgan fingerprint density at radius 1 is 0.836 bits per heavy atom. The Labute approximate surface area is 359 Å². The third kappa shape index (κ3) is 8.59. The van der Waals surface area contributed by atoms with Gasteiger partial charge in [-0.15, -0.1) is 23.2 Å². The van der Waals surface area contributed by atoms with Crippen molar-refractivity contribution >= 4 is 47.3 Å². The van der Waals surface area contributed by atoms with Gasteiger partial charge in [0.2, 0.25) is 12.5 Å². The van der Waals surface area contributed by atoms with Crippen LogP contribution in [0.15, 0.2) is 54.6 Å². The number of rotatable bonds is 12. The van der Waals surface area contributed by atoms with Crippen LogP contribution in [0.5, 0.6) is 28.7 Å². The number of fused-ring (bicyclic) bond motifs is 4. The van der Waals surface area contributed by atoms with Crippen LogP contribution in [-0.4, -0.2) is 107 Å². The van der Waals surface area contributed by atoms with Crippen LogP contribution < -0.4 is 23.7 Å². The van der Waals surface area contributed by atoms with Crippen molar-refractivity contribution in [2.24, 2.45) is 11.8 Å². The van der Waals surface area contributed by atoms with E-state index in [4.69, 9.17) is 84.8 Å². The third-order valence-corrected chi connectivity index (χ3v) is 11.4. The number of benzene rings is 3. The first-order valence-corrected chi connectivity index (χ1v) is 20.4. The Bertz CT molecular complexity index is 2120. The van der Waals surface area contributed by atoms with Gasteiger partial charge in [0, 0.05) is 11.8 Å². The highest BCUT2D eigenvalue weighted by Crippen LogP contribution is 2.57. The van der Waals surface area contributed by atoms with Crippen molar-refractivity contribution in [1.82, 2.24) is 0 Å². The summed E-state index contributed by atoms with van der Waals surface area (Å²) in [7, 11) is 2.82. The molecule has 4 heterocycles. The zero-order chi connectivity index (χ0) is 43.0. The lowest BCUT2D eigenvalue weighted by Gasteiger charge is -2.51. The highest BCUT2D eigenvalue weighted by atomic mass is 35.5. The summed E-state index contributed by atoms with van der Waals surface area (Å²) in [6.07, 6.45) is -8.25. The molecule has 19 heteroatoms. The summed E-state index contributed by atoms with van der Waals surface area (Å²) in [4.78, 5) is 52.6. The zero-order valence-corrected chi connectivity index (χ0v) is 34.8. The molecule has 8 rings (SSSR count). The molecule has 4 aliphatic heterocycles. The number of cyclic esters (lactones) is 1. The van der Waals surface area contributed by atoms with Crippen LogP contribution >= 0.6 is 23.2 Å². The fourth-order valence-electron chi connectivity index (χ4n) is 8.39. The number of alkyl halides is 2. The van der Waals surface area contributed by atoms with E-state index in [0.29, 0.717) is 28.2 Å². The van der Waals surface area contributed by atoms with Crippen LogP contribution in [0.3, 0.4) is 0 Å². The van der Waals surface area contributed by atoms with E-state index in [-0.39, 0.29) is 43.9 Å². The molecule has 61 heavy (non-hydrogen) atoms. The number of carbonyl (C=O) groups is 4. The average Bonchev–Trinajstić information content (AvgIpc) is 3.89. The molecule has 5 aliphatic rings. The van der Waals surface area contributed by atoms with E-state index >= 15 is 0 Å².